The summed E-state index contributed by atoms with van der Waals surface area (Å²) in [6, 6.07) is 0.184. The molecule has 198 valence electrons. The van der Waals surface area contributed by atoms with Gasteiger partial charge in [-0.05, 0) is 40.0 Å². The zero-order valence-electron chi connectivity index (χ0n) is 19.6. The lowest BCUT2D eigenvalue weighted by atomic mass is 10.1. The van der Waals surface area contributed by atoms with Crippen molar-refractivity contribution in [1.82, 2.24) is 9.80 Å². The number of halogens is 6. The van der Waals surface area contributed by atoms with Crippen LogP contribution in [0.4, 0.5) is 37.7 Å². The molecule has 1 aromatic rings. The SMILES string of the molecule is CC(C)(C)OC=O.CN1CCN(C(=O)CC(=O)Nc2cc(C(F)(F)F)cc(C(F)(F)F)c2N)CC1. The van der Waals surface area contributed by atoms with E-state index in [1.807, 2.05) is 38.0 Å². The number of nitrogens with two attached hydrogens (primary N) is 1. The number of nitrogens with one attached hydrogen (secondary N) is 1. The first-order valence-corrected chi connectivity index (χ1v) is 10.3. The number of likely N-dealkylation sites (N-methyl/N-ethyl adjacent to an activating group) is 1. The summed E-state index contributed by atoms with van der Waals surface area (Å²) in [4.78, 5) is 37.1. The van der Waals surface area contributed by atoms with Crippen LogP contribution in [0.2, 0.25) is 0 Å². The number of nitrogen functional groups attached to an aromatic ring is 1. The van der Waals surface area contributed by atoms with E-state index in [1.54, 1.807) is 0 Å². The standard InChI is InChI=1S/C16H18F6N4O2.C5H10O2/c1-25-2-4-26(5-3-25)13(28)8-12(27)24-11-7-9(15(17,18)19)6-10(14(11)23)16(20,21)22;1-5(2,3)7-4-6/h6-7H,2-5,8,23H2,1H3,(H,24,27);4H,1-3H3. The molecule has 1 heterocycles. The quantitative estimate of drug-likeness (QED) is 0.276. The number of nitrogens with zero attached hydrogens (tertiary/aromatic N) is 2. The molecule has 1 aliphatic heterocycles. The van der Waals surface area contributed by atoms with Crippen LogP contribution in [0, 0.1) is 0 Å². The van der Waals surface area contributed by atoms with Gasteiger partial charge in [-0.15, -0.1) is 0 Å². The van der Waals surface area contributed by atoms with Gasteiger partial charge in [-0.3, -0.25) is 14.4 Å². The first-order valence-electron chi connectivity index (χ1n) is 10.3. The third-order valence-corrected chi connectivity index (χ3v) is 4.66. The third-order valence-electron chi connectivity index (χ3n) is 4.66. The van der Waals surface area contributed by atoms with Gasteiger partial charge in [0.2, 0.25) is 11.8 Å². The maximum absolute atomic E-state index is 13.0. The van der Waals surface area contributed by atoms with E-state index in [-0.39, 0.29) is 11.7 Å². The van der Waals surface area contributed by atoms with Gasteiger partial charge in [0.05, 0.1) is 22.5 Å². The zero-order valence-corrected chi connectivity index (χ0v) is 19.6. The predicted octanol–water partition coefficient (Wildman–Crippen LogP) is 3.37. The minimum absolute atomic E-state index is 0.125. The number of rotatable bonds is 4. The number of alkyl halides is 6. The molecule has 0 saturated carbocycles. The molecule has 3 N–H and O–H groups in total. The van der Waals surface area contributed by atoms with E-state index < -0.39 is 53.1 Å². The molecule has 0 aliphatic carbocycles. The molecule has 0 radical (unpaired) electrons. The monoisotopic (exact) mass is 514 g/mol. The number of hydrogen-bond donors (Lipinski definition) is 2. The molecule has 2 rings (SSSR count). The second-order valence-electron chi connectivity index (χ2n) is 8.72. The van der Waals surface area contributed by atoms with E-state index in [4.69, 9.17) is 5.73 Å². The van der Waals surface area contributed by atoms with Gasteiger partial charge in [-0.25, -0.2) is 0 Å². The van der Waals surface area contributed by atoms with Gasteiger partial charge in [0.25, 0.3) is 6.47 Å². The Kier molecular flexibility index (Phi) is 9.94. The second kappa shape index (κ2) is 11.6. The summed E-state index contributed by atoms with van der Waals surface area (Å²) in [6.07, 6.45) is -11.0. The van der Waals surface area contributed by atoms with E-state index in [2.05, 4.69) is 4.74 Å². The number of benzene rings is 1. The second-order valence-corrected chi connectivity index (χ2v) is 8.72. The first kappa shape index (κ1) is 30.0. The van der Waals surface area contributed by atoms with E-state index >= 15 is 0 Å². The maximum Gasteiger partial charge on any atom is 0.418 e. The Morgan fingerprint density at radius 2 is 1.57 bits per heavy atom. The molecular formula is C21H28F6N4O4. The Hall–Kier alpha value is -3.03. The molecule has 1 fully saturated rings. The van der Waals surface area contributed by atoms with Gasteiger partial charge in [-0.2, -0.15) is 26.3 Å². The highest BCUT2D eigenvalue weighted by molar-refractivity contribution is 6.05. The van der Waals surface area contributed by atoms with Crippen molar-refractivity contribution in [2.24, 2.45) is 0 Å². The fourth-order valence-electron chi connectivity index (χ4n) is 2.80. The van der Waals surface area contributed by atoms with Gasteiger partial charge in [0.15, 0.2) is 0 Å². The Morgan fingerprint density at radius 1 is 1.03 bits per heavy atom. The van der Waals surface area contributed by atoms with Crippen LogP contribution < -0.4 is 11.1 Å². The van der Waals surface area contributed by atoms with Crippen molar-refractivity contribution in [3.8, 4) is 0 Å². The third kappa shape index (κ3) is 10.0. The minimum atomic E-state index is -5.15. The maximum atomic E-state index is 13.0. The van der Waals surface area contributed by atoms with Crippen LogP contribution in [-0.2, 0) is 31.5 Å². The minimum Gasteiger partial charge on any atom is -0.462 e. The van der Waals surface area contributed by atoms with Gasteiger partial charge in [0.1, 0.15) is 12.0 Å². The number of carbonyl (C=O) groups excluding carboxylic acids is 3. The van der Waals surface area contributed by atoms with E-state index in [0.29, 0.717) is 38.7 Å². The molecule has 0 aromatic heterocycles. The molecule has 14 heteroatoms. The molecule has 35 heavy (non-hydrogen) atoms. The summed E-state index contributed by atoms with van der Waals surface area (Å²) in [7, 11) is 1.85. The van der Waals surface area contributed by atoms with Crippen molar-refractivity contribution in [1.29, 1.82) is 0 Å². The highest BCUT2D eigenvalue weighted by Gasteiger charge is 2.39. The van der Waals surface area contributed by atoms with E-state index in [1.165, 1.54) is 4.90 Å². The number of carbonyl (C=O) groups is 3. The van der Waals surface area contributed by atoms with Crippen LogP contribution >= 0.6 is 0 Å². The zero-order chi connectivity index (χ0) is 27.2. The van der Waals surface area contributed by atoms with E-state index in [9.17, 15) is 40.7 Å². The van der Waals surface area contributed by atoms with Crippen LogP contribution in [0.1, 0.15) is 38.3 Å². The van der Waals surface area contributed by atoms with Crippen molar-refractivity contribution < 1.29 is 45.5 Å². The molecular weight excluding hydrogens is 486 g/mol. The highest BCUT2D eigenvalue weighted by Crippen LogP contribution is 2.42. The molecule has 1 aliphatic rings. The molecule has 1 saturated heterocycles. The number of piperazine rings is 1. The molecule has 0 spiro atoms. The molecule has 2 amide bonds. The Labute approximate surface area is 198 Å². The van der Waals surface area contributed by atoms with Gasteiger partial charge < -0.3 is 25.6 Å². The highest BCUT2D eigenvalue weighted by atomic mass is 19.4. The Balaban J connectivity index is 0.000000762. The lowest BCUT2D eigenvalue weighted by molar-refractivity contribution is -0.143. The smallest absolute Gasteiger partial charge is 0.418 e. The number of hydrogen-bond acceptors (Lipinski definition) is 6. The van der Waals surface area contributed by atoms with Crippen LogP contribution in [0.25, 0.3) is 0 Å². The average Bonchev–Trinajstić information content (AvgIpc) is 2.67. The number of amides is 2. The van der Waals surface area contributed by atoms with E-state index in [0.717, 1.165) is 0 Å². The summed E-state index contributed by atoms with van der Waals surface area (Å²) in [5.74, 6) is -1.63. The van der Waals surface area contributed by atoms with Crippen molar-refractivity contribution in [2.45, 2.75) is 45.1 Å². The van der Waals surface area contributed by atoms with Crippen LogP contribution in [-0.4, -0.2) is 66.9 Å². The summed E-state index contributed by atoms with van der Waals surface area (Å²) >= 11 is 0. The fraction of sp³-hybridized carbons (Fsp3) is 0.571. The van der Waals surface area contributed by atoms with Gasteiger partial charge >= 0.3 is 12.4 Å². The van der Waals surface area contributed by atoms with Crippen LogP contribution in [0.15, 0.2) is 12.1 Å². The van der Waals surface area contributed by atoms with Gasteiger partial charge in [0, 0.05) is 26.2 Å². The molecule has 0 unspecified atom stereocenters. The Morgan fingerprint density at radius 3 is 1.97 bits per heavy atom. The largest absolute Gasteiger partial charge is 0.462 e. The molecule has 8 nitrogen and oxygen atoms in total. The van der Waals surface area contributed by atoms with Crippen molar-refractivity contribution in [2.75, 3.05) is 44.3 Å². The van der Waals surface area contributed by atoms with Crippen molar-refractivity contribution in [3.05, 3.63) is 23.3 Å². The average molecular weight is 514 g/mol. The summed E-state index contributed by atoms with van der Waals surface area (Å²) in [6.45, 7) is 7.83. The van der Waals surface area contributed by atoms with Crippen LogP contribution in [0.3, 0.4) is 0 Å². The molecule has 1 aromatic carbocycles. The van der Waals surface area contributed by atoms with Gasteiger partial charge in [-0.1, -0.05) is 0 Å². The summed E-state index contributed by atoms with van der Waals surface area (Å²) in [5.41, 5.74) is -0.241. The van der Waals surface area contributed by atoms with Crippen molar-refractivity contribution in [3.63, 3.8) is 0 Å². The number of ether oxygens (including phenoxy) is 1. The Bertz CT molecular complexity index is 905. The van der Waals surface area contributed by atoms with Crippen LogP contribution in [0.5, 0.6) is 0 Å². The molecule has 0 atom stereocenters. The van der Waals surface area contributed by atoms with Crippen molar-refractivity contribution >= 4 is 29.7 Å². The first-order chi connectivity index (χ1) is 15.8. The lowest BCUT2D eigenvalue weighted by Gasteiger charge is -2.32. The topological polar surface area (TPSA) is 105 Å². The fourth-order valence-corrected chi connectivity index (χ4v) is 2.80. The summed E-state index contributed by atoms with van der Waals surface area (Å²) < 4.78 is 82.2. The lowest BCUT2D eigenvalue weighted by Crippen LogP contribution is -2.47. The molecule has 0 bridgehead atoms. The predicted molar refractivity (Wildman–Crippen MR) is 115 cm³/mol. The number of anilines is 2. The normalized spacial score (nSPS) is 15.1. The summed E-state index contributed by atoms with van der Waals surface area (Å²) in [5, 5.41) is 1.89.